The van der Waals surface area contributed by atoms with Gasteiger partial charge in [-0.2, -0.15) is 14.0 Å². The van der Waals surface area contributed by atoms with Crippen LogP contribution in [0.5, 0.6) is 5.75 Å². The summed E-state index contributed by atoms with van der Waals surface area (Å²) in [6.45, 7) is 2.02. The molecular formula is C29H27F2N7O3. The molecule has 3 aromatic rings. The number of aromatic nitrogens is 1. The molecule has 3 heterocycles. The first-order valence-corrected chi connectivity index (χ1v) is 12.7. The van der Waals surface area contributed by atoms with Gasteiger partial charge in [-0.1, -0.05) is 12.1 Å². The number of amides is 2. The predicted molar refractivity (Wildman–Crippen MR) is 147 cm³/mol. The second-order valence-electron chi connectivity index (χ2n) is 9.57. The summed E-state index contributed by atoms with van der Waals surface area (Å²) in [6, 6.07) is 13.2. The molecule has 2 aliphatic rings. The molecule has 2 aromatic carbocycles. The van der Waals surface area contributed by atoms with Gasteiger partial charge in [0.05, 0.1) is 18.7 Å². The van der Waals surface area contributed by atoms with E-state index in [1.54, 1.807) is 25.2 Å². The summed E-state index contributed by atoms with van der Waals surface area (Å²) < 4.78 is 35.7. The number of alkyl halides is 2. The predicted octanol–water partition coefficient (Wildman–Crippen LogP) is 3.34. The molecule has 1 aromatic heterocycles. The van der Waals surface area contributed by atoms with E-state index >= 15 is 8.78 Å². The third-order valence-electron chi connectivity index (χ3n) is 7.09. The Morgan fingerprint density at radius 2 is 1.93 bits per heavy atom. The van der Waals surface area contributed by atoms with Gasteiger partial charge < -0.3 is 15.4 Å². The Bertz CT molecular complexity index is 1570. The van der Waals surface area contributed by atoms with E-state index in [-0.39, 0.29) is 34.7 Å². The molecule has 2 atom stereocenters. The van der Waals surface area contributed by atoms with Gasteiger partial charge >= 0.3 is 0 Å². The second-order valence-corrected chi connectivity index (χ2v) is 9.57. The third-order valence-corrected chi connectivity index (χ3v) is 7.09. The summed E-state index contributed by atoms with van der Waals surface area (Å²) in [5.74, 6) is -3.39. The summed E-state index contributed by atoms with van der Waals surface area (Å²) in [5, 5.41) is 16.6. The van der Waals surface area contributed by atoms with Crippen LogP contribution < -0.4 is 25.7 Å². The van der Waals surface area contributed by atoms with Crippen molar-refractivity contribution in [2.45, 2.75) is 24.9 Å². The van der Waals surface area contributed by atoms with Crippen LogP contribution in [-0.2, 0) is 10.7 Å². The quantitative estimate of drug-likeness (QED) is 0.403. The van der Waals surface area contributed by atoms with Crippen LogP contribution in [0.3, 0.4) is 0 Å². The first kappa shape index (κ1) is 27.5. The summed E-state index contributed by atoms with van der Waals surface area (Å²) >= 11 is 0. The number of allylic oxidation sites excluding steroid dienone is 1. The number of ether oxygens (including phenoxy) is 1. The molecule has 0 radical (unpaired) electrons. The highest BCUT2D eigenvalue weighted by Gasteiger charge is 2.45. The van der Waals surface area contributed by atoms with E-state index in [2.05, 4.69) is 21.0 Å². The van der Waals surface area contributed by atoms with E-state index < -0.39 is 23.9 Å². The van der Waals surface area contributed by atoms with Crippen LogP contribution >= 0.6 is 0 Å². The topological polar surface area (TPSA) is 123 Å². The summed E-state index contributed by atoms with van der Waals surface area (Å²) in [7, 11) is 3.04. The number of nitriles is 1. The highest BCUT2D eigenvalue weighted by atomic mass is 19.3. The van der Waals surface area contributed by atoms with Gasteiger partial charge in [0.15, 0.2) is 0 Å². The lowest BCUT2D eigenvalue weighted by Gasteiger charge is -2.37. The number of hydrazine groups is 1. The zero-order chi connectivity index (χ0) is 29.3. The zero-order valence-electron chi connectivity index (χ0n) is 22.5. The Hall–Kier alpha value is -5.02. The number of carbonyl (C=O) groups is 2. The molecule has 10 nitrogen and oxygen atoms in total. The SMILES string of the molecule is CNc1cc(C(F)(F)c2ccc(N3C(=O)C4[C@@H](NC(=O)c5ccc(OC)c(C#N)c5)CNN4C=C3C)cc2)ccn1. The average Bonchev–Trinajstić information content (AvgIpc) is 3.39. The molecule has 41 heavy (non-hydrogen) atoms. The van der Waals surface area contributed by atoms with Gasteiger partial charge in [0.2, 0.25) is 0 Å². The van der Waals surface area contributed by atoms with Crippen molar-refractivity contribution in [1.29, 1.82) is 5.26 Å². The normalized spacial score (nSPS) is 18.3. The maximum atomic E-state index is 15.3. The number of halogens is 2. The number of nitrogens with zero attached hydrogens (tertiary/aromatic N) is 4. The highest BCUT2D eigenvalue weighted by molar-refractivity contribution is 6.02. The van der Waals surface area contributed by atoms with Crippen molar-refractivity contribution in [3.8, 4) is 11.8 Å². The fourth-order valence-electron chi connectivity index (χ4n) is 4.99. The van der Waals surface area contributed by atoms with E-state index in [4.69, 9.17) is 4.74 Å². The molecule has 1 fully saturated rings. The monoisotopic (exact) mass is 559 g/mol. The molecule has 0 spiro atoms. The maximum absolute atomic E-state index is 15.3. The van der Waals surface area contributed by atoms with Gasteiger partial charge in [0, 0.05) is 54.1 Å². The molecule has 1 unspecified atom stereocenters. The molecule has 0 aliphatic carbocycles. The number of anilines is 2. The minimum absolute atomic E-state index is 0.209. The summed E-state index contributed by atoms with van der Waals surface area (Å²) in [4.78, 5) is 32.2. The number of fused-ring (bicyclic) bond motifs is 1. The Morgan fingerprint density at radius 1 is 1.17 bits per heavy atom. The van der Waals surface area contributed by atoms with Crippen molar-refractivity contribution in [3.05, 3.63) is 94.9 Å². The number of methoxy groups -OCH3 is 1. The molecule has 2 amide bonds. The standard InChI is InChI=1S/C29H27F2N7O3/c1-17-16-37-26(23(15-35-37)36-27(39)18-4-9-24(41-3)19(12-18)14-32)28(40)38(17)22-7-5-20(6-8-22)29(30,31)21-10-11-34-25(13-21)33-2/h4-13,16,23,26,35H,15H2,1-3H3,(H,33,34)(H,36,39)/t23-,26?/m0/s1. The smallest absolute Gasteiger partial charge is 0.298 e. The van der Waals surface area contributed by atoms with Gasteiger partial charge in [-0.15, -0.1) is 0 Å². The fraction of sp³-hybridized carbons (Fsp3) is 0.241. The number of hydrogen-bond donors (Lipinski definition) is 3. The van der Waals surface area contributed by atoms with E-state index in [0.717, 1.165) is 0 Å². The van der Waals surface area contributed by atoms with Gasteiger partial charge in [0.1, 0.15) is 23.7 Å². The van der Waals surface area contributed by atoms with E-state index in [1.807, 2.05) is 6.07 Å². The summed E-state index contributed by atoms with van der Waals surface area (Å²) in [6.07, 6.45) is 3.05. The zero-order valence-corrected chi connectivity index (χ0v) is 22.5. The van der Waals surface area contributed by atoms with Crippen molar-refractivity contribution < 1.29 is 23.1 Å². The van der Waals surface area contributed by atoms with E-state index in [0.29, 0.717) is 23.0 Å². The van der Waals surface area contributed by atoms with Crippen molar-refractivity contribution in [1.82, 2.24) is 20.7 Å². The molecular weight excluding hydrogens is 532 g/mol. The number of pyridine rings is 1. The maximum Gasteiger partial charge on any atom is 0.298 e. The number of benzene rings is 2. The Kier molecular flexibility index (Phi) is 7.30. The van der Waals surface area contributed by atoms with Gasteiger partial charge in [-0.05, 0) is 49.4 Å². The fourth-order valence-corrected chi connectivity index (χ4v) is 4.99. The second kappa shape index (κ2) is 10.9. The average molecular weight is 560 g/mol. The molecule has 210 valence electrons. The van der Waals surface area contributed by atoms with Crippen molar-refractivity contribution in [2.75, 3.05) is 30.9 Å². The van der Waals surface area contributed by atoms with Crippen LogP contribution in [0.15, 0.2) is 72.7 Å². The van der Waals surface area contributed by atoms with Gasteiger partial charge in [-0.25, -0.2) is 10.4 Å². The van der Waals surface area contributed by atoms with Crippen molar-refractivity contribution in [2.24, 2.45) is 0 Å². The molecule has 1 saturated heterocycles. The highest BCUT2D eigenvalue weighted by Crippen LogP contribution is 2.38. The molecule has 3 N–H and O–H groups in total. The molecule has 2 aliphatic heterocycles. The van der Waals surface area contributed by atoms with Gasteiger partial charge in [0.25, 0.3) is 17.7 Å². The van der Waals surface area contributed by atoms with Crippen molar-refractivity contribution >= 4 is 23.3 Å². The summed E-state index contributed by atoms with van der Waals surface area (Å²) in [5.41, 5.74) is 4.12. The van der Waals surface area contributed by atoms with Crippen LogP contribution in [0.2, 0.25) is 0 Å². The van der Waals surface area contributed by atoms with E-state index in [9.17, 15) is 14.9 Å². The first-order valence-electron chi connectivity index (χ1n) is 12.7. The lowest BCUT2D eigenvalue weighted by Crippen LogP contribution is -2.56. The van der Waals surface area contributed by atoms with Crippen LogP contribution in [0.1, 0.15) is 34.0 Å². The first-order chi connectivity index (χ1) is 19.7. The Balaban J connectivity index is 1.36. The Labute approximate surface area is 235 Å². The number of rotatable bonds is 7. The molecule has 0 saturated carbocycles. The van der Waals surface area contributed by atoms with Gasteiger partial charge in [-0.3, -0.25) is 19.5 Å². The van der Waals surface area contributed by atoms with Crippen LogP contribution in [0, 0.1) is 11.3 Å². The number of carbonyl (C=O) groups excluding carboxylic acids is 2. The molecule has 5 rings (SSSR count). The lowest BCUT2D eigenvalue weighted by molar-refractivity contribution is -0.123. The Morgan fingerprint density at radius 3 is 2.61 bits per heavy atom. The largest absolute Gasteiger partial charge is 0.495 e. The van der Waals surface area contributed by atoms with Crippen LogP contribution in [-0.4, -0.2) is 54.6 Å². The minimum atomic E-state index is -3.28. The van der Waals surface area contributed by atoms with Crippen LogP contribution in [0.4, 0.5) is 20.3 Å². The lowest BCUT2D eigenvalue weighted by atomic mass is 10.00. The number of hydrogen-bond acceptors (Lipinski definition) is 8. The minimum Gasteiger partial charge on any atom is -0.495 e. The molecule has 12 heteroatoms. The third kappa shape index (κ3) is 5.03. The van der Waals surface area contributed by atoms with E-state index in [1.165, 1.54) is 72.8 Å². The van der Waals surface area contributed by atoms with Crippen LogP contribution in [0.25, 0.3) is 0 Å². The molecule has 0 bridgehead atoms. The van der Waals surface area contributed by atoms with Crippen molar-refractivity contribution in [3.63, 3.8) is 0 Å². The number of nitrogens with one attached hydrogen (secondary N) is 3.